The van der Waals surface area contributed by atoms with Crippen molar-refractivity contribution in [3.8, 4) is 5.69 Å². The van der Waals surface area contributed by atoms with Gasteiger partial charge in [-0.3, -0.25) is 14.2 Å². The minimum Gasteiger partial charge on any atom is -0.465 e. The molecule has 2 N–H and O–H groups in total. The van der Waals surface area contributed by atoms with Crippen molar-refractivity contribution in [2.24, 2.45) is 0 Å². The van der Waals surface area contributed by atoms with E-state index in [2.05, 4.69) is 5.32 Å². The minimum atomic E-state index is -0.910. The van der Waals surface area contributed by atoms with E-state index >= 15 is 0 Å². The van der Waals surface area contributed by atoms with E-state index in [-0.39, 0.29) is 17.4 Å². The lowest BCUT2D eigenvalue weighted by Gasteiger charge is -2.30. The van der Waals surface area contributed by atoms with E-state index in [1.54, 1.807) is 22.8 Å². The summed E-state index contributed by atoms with van der Waals surface area (Å²) in [7, 11) is 0. The molecule has 1 saturated heterocycles. The number of likely N-dealkylation sites (tertiary alicyclic amines) is 1. The van der Waals surface area contributed by atoms with Crippen molar-refractivity contribution < 1.29 is 14.7 Å². The zero-order valence-electron chi connectivity index (χ0n) is 18.3. The number of piperidine rings is 1. The topological polar surface area (TPSA) is 91.6 Å². The molecule has 172 valence electrons. The number of rotatable bonds is 5. The predicted molar refractivity (Wildman–Crippen MR) is 134 cm³/mol. The van der Waals surface area contributed by atoms with Crippen molar-refractivity contribution in [2.45, 2.75) is 18.9 Å². The molecule has 1 fully saturated rings. The van der Waals surface area contributed by atoms with Gasteiger partial charge in [-0.05, 0) is 31.0 Å². The first kappa shape index (κ1) is 21.9. The maximum atomic E-state index is 13.7. The van der Waals surface area contributed by atoms with Crippen molar-refractivity contribution in [3.05, 3.63) is 94.3 Å². The Morgan fingerprint density at radius 3 is 2.21 bits per heavy atom. The third kappa shape index (κ3) is 4.08. The number of carbonyl (C=O) groups excluding carboxylic acids is 1. The van der Waals surface area contributed by atoms with Crippen LogP contribution in [0.25, 0.3) is 15.9 Å². The number of carbonyl (C=O) groups is 2. The molecule has 8 heteroatoms. The lowest BCUT2D eigenvalue weighted by Crippen LogP contribution is -2.41. The quantitative estimate of drug-likeness (QED) is 0.405. The first-order valence-corrected chi connectivity index (χ1v) is 11.9. The number of carboxylic acid groups (broad SMARTS) is 1. The molecular weight excluding hydrogens is 450 g/mol. The Morgan fingerprint density at radius 1 is 0.912 bits per heavy atom. The standard InChI is InChI=1S/C26H23N3O4S/c30-21-12-11-20-22(23(31)17-7-3-1-4-8-17)24(27-18-13-15-28(16-14-18)26(32)33)34-25(20)29(21)19-9-5-2-6-10-19/h1-12,18,27H,13-16H2,(H,32,33). The highest BCUT2D eigenvalue weighted by Gasteiger charge is 2.27. The second kappa shape index (κ2) is 9.15. The molecule has 2 aromatic carbocycles. The lowest BCUT2D eigenvalue weighted by atomic mass is 10.0. The van der Waals surface area contributed by atoms with Crippen molar-refractivity contribution >= 4 is 38.4 Å². The van der Waals surface area contributed by atoms with E-state index in [1.807, 2.05) is 48.5 Å². The highest BCUT2D eigenvalue weighted by Crippen LogP contribution is 2.38. The number of fused-ring (bicyclic) bond motifs is 1. The van der Waals surface area contributed by atoms with Gasteiger partial charge >= 0.3 is 6.09 Å². The van der Waals surface area contributed by atoms with Crippen LogP contribution in [0, 0.1) is 0 Å². The molecule has 0 atom stereocenters. The summed E-state index contributed by atoms with van der Waals surface area (Å²) in [5.41, 5.74) is 1.68. The molecule has 1 amide bonds. The van der Waals surface area contributed by atoms with Crippen LogP contribution in [-0.2, 0) is 0 Å². The zero-order valence-corrected chi connectivity index (χ0v) is 19.1. The molecule has 1 aliphatic rings. The van der Waals surface area contributed by atoms with Gasteiger partial charge in [0.25, 0.3) is 5.56 Å². The van der Waals surface area contributed by atoms with E-state index in [0.29, 0.717) is 52.3 Å². The van der Waals surface area contributed by atoms with Crippen LogP contribution in [0.2, 0.25) is 0 Å². The maximum absolute atomic E-state index is 13.7. The monoisotopic (exact) mass is 473 g/mol. The number of aromatic nitrogens is 1. The van der Waals surface area contributed by atoms with Gasteiger partial charge in [-0.2, -0.15) is 0 Å². The van der Waals surface area contributed by atoms with Gasteiger partial charge in [-0.15, -0.1) is 0 Å². The number of nitrogens with one attached hydrogen (secondary N) is 1. The average Bonchev–Trinajstić information content (AvgIpc) is 3.22. The Hall–Kier alpha value is -3.91. The van der Waals surface area contributed by atoms with E-state index in [4.69, 9.17) is 0 Å². The summed E-state index contributed by atoms with van der Waals surface area (Å²) in [4.78, 5) is 39.9. The van der Waals surface area contributed by atoms with Crippen LogP contribution in [-0.4, -0.2) is 45.6 Å². The SMILES string of the molecule is O=C(c1ccccc1)c1c(NC2CCN(C(=O)O)CC2)sc2c1ccc(=O)n2-c1ccccc1. The summed E-state index contributed by atoms with van der Waals surface area (Å²) >= 11 is 1.38. The highest BCUT2D eigenvalue weighted by atomic mass is 32.1. The fourth-order valence-electron chi connectivity index (χ4n) is 4.36. The van der Waals surface area contributed by atoms with Crippen molar-refractivity contribution in [2.75, 3.05) is 18.4 Å². The van der Waals surface area contributed by atoms with Gasteiger partial charge in [0.2, 0.25) is 0 Å². The number of benzene rings is 2. The van der Waals surface area contributed by atoms with E-state index in [1.165, 1.54) is 22.3 Å². The van der Waals surface area contributed by atoms with Gasteiger partial charge in [0, 0.05) is 36.1 Å². The summed E-state index contributed by atoms with van der Waals surface area (Å²) in [5, 5.41) is 14.2. The summed E-state index contributed by atoms with van der Waals surface area (Å²) < 4.78 is 1.64. The number of nitrogens with zero attached hydrogens (tertiary/aromatic N) is 2. The van der Waals surface area contributed by atoms with Crippen LogP contribution < -0.4 is 10.9 Å². The van der Waals surface area contributed by atoms with Crippen LogP contribution >= 0.6 is 11.3 Å². The molecule has 0 bridgehead atoms. The van der Waals surface area contributed by atoms with Crippen molar-refractivity contribution in [1.82, 2.24) is 9.47 Å². The van der Waals surface area contributed by atoms with Gasteiger partial charge in [0.05, 0.1) is 11.3 Å². The second-order valence-electron chi connectivity index (χ2n) is 8.25. The van der Waals surface area contributed by atoms with E-state index < -0.39 is 6.09 Å². The molecule has 0 aliphatic carbocycles. The largest absolute Gasteiger partial charge is 0.465 e. The summed E-state index contributed by atoms with van der Waals surface area (Å²) in [6, 6.07) is 21.7. The lowest BCUT2D eigenvalue weighted by molar-refractivity contribution is 0.104. The smallest absolute Gasteiger partial charge is 0.407 e. The summed E-state index contributed by atoms with van der Waals surface area (Å²) in [6.07, 6.45) is 0.378. The Labute approximate surface area is 199 Å². The van der Waals surface area contributed by atoms with Crippen LogP contribution in [0.15, 0.2) is 77.6 Å². The predicted octanol–water partition coefficient (Wildman–Crippen LogP) is 4.84. The van der Waals surface area contributed by atoms with Crippen LogP contribution in [0.3, 0.4) is 0 Å². The number of thiophene rings is 1. The molecular formula is C26H23N3O4S. The number of amides is 1. The highest BCUT2D eigenvalue weighted by molar-refractivity contribution is 7.23. The first-order valence-electron chi connectivity index (χ1n) is 11.1. The van der Waals surface area contributed by atoms with Crippen LogP contribution in [0.5, 0.6) is 0 Å². The fourth-order valence-corrected chi connectivity index (χ4v) is 5.66. The Kier molecular flexibility index (Phi) is 5.90. The maximum Gasteiger partial charge on any atom is 0.407 e. The molecule has 0 saturated carbocycles. The molecule has 7 nitrogen and oxygen atoms in total. The Balaban J connectivity index is 1.62. The normalized spacial score (nSPS) is 14.3. The number of pyridine rings is 1. The second-order valence-corrected chi connectivity index (χ2v) is 9.25. The Bertz CT molecular complexity index is 1400. The molecule has 0 spiro atoms. The molecule has 3 heterocycles. The molecule has 1 aliphatic heterocycles. The minimum absolute atomic E-state index is 0.0304. The molecule has 0 radical (unpaired) electrons. The number of hydrogen-bond acceptors (Lipinski definition) is 5. The van der Waals surface area contributed by atoms with Crippen LogP contribution in [0.4, 0.5) is 9.80 Å². The zero-order chi connectivity index (χ0) is 23.7. The third-order valence-corrected chi connectivity index (χ3v) is 7.24. The van der Waals surface area contributed by atoms with Crippen molar-refractivity contribution in [3.63, 3.8) is 0 Å². The van der Waals surface area contributed by atoms with Gasteiger partial charge < -0.3 is 15.3 Å². The van der Waals surface area contributed by atoms with Crippen LogP contribution in [0.1, 0.15) is 28.8 Å². The van der Waals surface area contributed by atoms with Gasteiger partial charge in [-0.1, -0.05) is 59.9 Å². The average molecular weight is 474 g/mol. The van der Waals surface area contributed by atoms with Crippen molar-refractivity contribution in [1.29, 1.82) is 0 Å². The van der Waals surface area contributed by atoms with E-state index in [0.717, 1.165) is 5.69 Å². The molecule has 34 heavy (non-hydrogen) atoms. The summed E-state index contributed by atoms with van der Waals surface area (Å²) in [5.74, 6) is -0.115. The van der Waals surface area contributed by atoms with Gasteiger partial charge in [0.1, 0.15) is 9.83 Å². The number of anilines is 1. The Morgan fingerprint density at radius 2 is 1.56 bits per heavy atom. The number of hydrogen-bond donors (Lipinski definition) is 2. The van der Waals surface area contributed by atoms with E-state index in [9.17, 15) is 19.5 Å². The molecule has 0 unspecified atom stereocenters. The van der Waals surface area contributed by atoms with Gasteiger partial charge in [0.15, 0.2) is 5.78 Å². The summed E-state index contributed by atoms with van der Waals surface area (Å²) in [6.45, 7) is 0.878. The first-order chi connectivity index (χ1) is 16.5. The molecule has 5 rings (SSSR count). The third-order valence-electron chi connectivity index (χ3n) is 6.12. The molecule has 2 aromatic heterocycles. The fraction of sp³-hybridized carbons (Fsp3) is 0.192. The molecule has 4 aromatic rings. The number of ketones is 1. The number of para-hydroxylation sites is 1. The van der Waals surface area contributed by atoms with Gasteiger partial charge in [-0.25, -0.2) is 4.79 Å².